The van der Waals surface area contributed by atoms with Crippen LogP contribution in [0.4, 0.5) is 5.82 Å². The fraction of sp³-hybridized carbons (Fsp3) is 0.556. The summed E-state index contributed by atoms with van der Waals surface area (Å²) >= 11 is 0. The van der Waals surface area contributed by atoms with Gasteiger partial charge in [0.2, 0.25) is 0 Å². The molecule has 13 heavy (non-hydrogen) atoms. The molecule has 1 aromatic rings. The molecule has 0 aliphatic heterocycles. The molecule has 0 fully saturated rings. The van der Waals surface area contributed by atoms with Crippen molar-refractivity contribution in [1.29, 1.82) is 0 Å². The monoisotopic (exact) mass is 179 g/mol. The summed E-state index contributed by atoms with van der Waals surface area (Å²) in [5.74, 6) is 0.417. The molecular weight excluding hydrogens is 166 g/mol. The highest BCUT2D eigenvalue weighted by Gasteiger charge is 2.12. The van der Waals surface area contributed by atoms with Gasteiger partial charge in [0.25, 0.3) is 0 Å². The van der Waals surface area contributed by atoms with Crippen LogP contribution in [0.2, 0.25) is 0 Å². The first-order chi connectivity index (χ1) is 6.27. The van der Waals surface area contributed by atoms with Crippen LogP contribution in [0.15, 0.2) is 4.79 Å². The Hall–Kier alpha value is -1.32. The summed E-state index contributed by atoms with van der Waals surface area (Å²) in [4.78, 5) is 17.5. The van der Waals surface area contributed by atoms with E-state index in [1.54, 1.807) is 0 Å². The molecule has 2 rings (SSSR count). The lowest BCUT2D eigenvalue weighted by Gasteiger charge is -2.05. The Kier molecular flexibility index (Phi) is 2.04. The zero-order valence-electron chi connectivity index (χ0n) is 7.47. The smallest absolute Gasteiger partial charge is 0.347 e. The average molecular weight is 179 g/mol. The predicted molar refractivity (Wildman–Crippen MR) is 50.5 cm³/mol. The third kappa shape index (κ3) is 1.56. The molecular formula is C9H13N3O. The maximum absolute atomic E-state index is 11.0. The lowest BCUT2D eigenvalue weighted by molar-refractivity contribution is 0.708. The molecule has 0 unspecified atom stereocenters. The Morgan fingerprint density at radius 1 is 1.23 bits per heavy atom. The summed E-state index contributed by atoms with van der Waals surface area (Å²) in [5, 5.41) is 0. The SMILES string of the molecule is Nc1nc(=O)[nH]c2c1CCCCC2. The molecule has 1 aromatic heterocycles. The van der Waals surface area contributed by atoms with Crippen LogP contribution in [0.25, 0.3) is 0 Å². The number of nitrogens with zero attached hydrogens (tertiary/aromatic N) is 1. The zero-order valence-corrected chi connectivity index (χ0v) is 7.47. The van der Waals surface area contributed by atoms with E-state index in [9.17, 15) is 4.79 Å². The van der Waals surface area contributed by atoms with Crippen LogP contribution in [-0.4, -0.2) is 9.97 Å². The number of hydrogen-bond donors (Lipinski definition) is 2. The molecule has 0 amide bonds. The Morgan fingerprint density at radius 3 is 2.85 bits per heavy atom. The molecule has 0 bridgehead atoms. The van der Waals surface area contributed by atoms with E-state index in [1.165, 1.54) is 6.42 Å². The van der Waals surface area contributed by atoms with Crippen LogP contribution in [0, 0.1) is 0 Å². The van der Waals surface area contributed by atoms with E-state index in [0.29, 0.717) is 5.82 Å². The van der Waals surface area contributed by atoms with Crippen molar-refractivity contribution in [1.82, 2.24) is 9.97 Å². The first kappa shape index (κ1) is 8.29. The van der Waals surface area contributed by atoms with E-state index < -0.39 is 0 Å². The molecule has 0 atom stereocenters. The molecule has 0 radical (unpaired) electrons. The topological polar surface area (TPSA) is 71.8 Å². The largest absolute Gasteiger partial charge is 0.383 e. The Balaban J connectivity index is 2.53. The number of aryl methyl sites for hydroxylation is 1. The van der Waals surface area contributed by atoms with Crippen LogP contribution in [0.3, 0.4) is 0 Å². The molecule has 0 saturated carbocycles. The third-order valence-corrected chi connectivity index (χ3v) is 2.51. The van der Waals surface area contributed by atoms with Crippen molar-refractivity contribution in [3.63, 3.8) is 0 Å². The highest BCUT2D eigenvalue weighted by molar-refractivity contribution is 5.41. The van der Waals surface area contributed by atoms with Gasteiger partial charge >= 0.3 is 5.69 Å². The van der Waals surface area contributed by atoms with Crippen molar-refractivity contribution >= 4 is 5.82 Å². The molecule has 1 heterocycles. The van der Waals surface area contributed by atoms with Gasteiger partial charge in [-0.1, -0.05) is 6.42 Å². The molecule has 3 N–H and O–H groups in total. The summed E-state index contributed by atoms with van der Waals surface area (Å²) < 4.78 is 0. The first-order valence-electron chi connectivity index (χ1n) is 4.65. The molecule has 70 valence electrons. The minimum atomic E-state index is -0.321. The van der Waals surface area contributed by atoms with Gasteiger partial charge in [0.1, 0.15) is 5.82 Å². The number of anilines is 1. The lowest BCUT2D eigenvalue weighted by Crippen LogP contribution is -2.17. The number of hydrogen-bond acceptors (Lipinski definition) is 3. The Labute approximate surface area is 76.2 Å². The van der Waals surface area contributed by atoms with E-state index in [2.05, 4.69) is 9.97 Å². The van der Waals surface area contributed by atoms with Crippen LogP contribution < -0.4 is 11.4 Å². The maximum Gasteiger partial charge on any atom is 0.347 e. The van der Waals surface area contributed by atoms with Gasteiger partial charge in [0.15, 0.2) is 0 Å². The third-order valence-electron chi connectivity index (χ3n) is 2.51. The van der Waals surface area contributed by atoms with Crippen LogP contribution in [0.5, 0.6) is 0 Å². The molecule has 0 spiro atoms. The van der Waals surface area contributed by atoms with Crippen LogP contribution in [0.1, 0.15) is 30.5 Å². The summed E-state index contributed by atoms with van der Waals surface area (Å²) in [5.41, 5.74) is 7.41. The van der Waals surface area contributed by atoms with Crippen molar-refractivity contribution in [3.05, 3.63) is 21.7 Å². The lowest BCUT2D eigenvalue weighted by atomic mass is 10.1. The van der Waals surface area contributed by atoms with Crippen molar-refractivity contribution in [2.45, 2.75) is 32.1 Å². The van der Waals surface area contributed by atoms with Crippen molar-refractivity contribution in [2.75, 3.05) is 5.73 Å². The van der Waals surface area contributed by atoms with Crippen molar-refractivity contribution in [3.8, 4) is 0 Å². The number of nitrogens with two attached hydrogens (primary N) is 1. The highest BCUT2D eigenvalue weighted by Crippen LogP contribution is 2.20. The van der Waals surface area contributed by atoms with Crippen molar-refractivity contribution < 1.29 is 0 Å². The number of nitrogens with one attached hydrogen (secondary N) is 1. The Bertz CT molecular complexity index is 370. The quantitative estimate of drug-likeness (QED) is 0.573. The molecule has 1 aliphatic carbocycles. The number of H-pyrrole nitrogens is 1. The Morgan fingerprint density at radius 2 is 2.00 bits per heavy atom. The number of rotatable bonds is 0. The van der Waals surface area contributed by atoms with E-state index in [0.717, 1.165) is 36.9 Å². The van der Waals surface area contributed by atoms with Gasteiger partial charge in [0, 0.05) is 11.3 Å². The zero-order chi connectivity index (χ0) is 9.26. The standard InChI is InChI=1S/C9H13N3O/c10-8-6-4-2-1-3-5-7(6)11-9(13)12-8/h1-5H2,(H3,10,11,12,13). The van der Waals surface area contributed by atoms with Gasteiger partial charge in [-0.15, -0.1) is 0 Å². The second kappa shape index (κ2) is 3.20. The number of fused-ring (bicyclic) bond motifs is 1. The van der Waals surface area contributed by atoms with Crippen molar-refractivity contribution in [2.24, 2.45) is 0 Å². The van der Waals surface area contributed by atoms with Crippen LogP contribution in [-0.2, 0) is 12.8 Å². The summed E-state index contributed by atoms with van der Waals surface area (Å²) in [7, 11) is 0. The van der Waals surface area contributed by atoms with E-state index in [-0.39, 0.29) is 5.69 Å². The molecule has 4 heteroatoms. The van der Waals surface area contributed by atoms with E-state index in [4.69, 9.17) is 5.73 Å². The first-order valence-corrected chi connectivity index (χ1v) is 4.65. The second-order valence-electron chi connectivity index (χ2n) is 3.44. The highest BCUT2D eigenvalue weighted by atomic mass is 16.1. The minimum absolute atomic E-state index is 0.321. The second-order valence-corrected chi connectivity index (χ2v) is 3.44. The van der Waals surface area contributed by atoms with E-state index in [1.807, 2.05) is 0 Å². The van der Waals surface area contributed by atoms with Gasteiger partial charge in [-0.2, -0.15) is 4.98 Å². The van der Waals surface area contributed by atoms with Crippen LogP contribution >= 0.6 is 0 Å². The van der Waals surface area contributed by atoms with Gasteiger partial charge in [-0.05, 0) is 25.7 Å². The number of aromatic amines is 1. The van der Waals surface area contributed by atoms with E-state index >= 15 is 0 Å². The fourth-order valence-electron chi connectivity index (χ4n) is 1.84. The maximum atomic E-state index is 11.0. The van der Waals surface area contributed by atoms with Gasteiger partial charge < -0.3 is 10.7 Å². The summed E-state index contributed by atoms with van der Waals surface area (Å²) in [6.07, 6.45) is 5.36. The molecule has 1 aliphatic rings. The predicted octanol–water partition coefficient (Wildman–Crippen LogP) is 0.621. The fourth-order valence-corrected chi connectivity index (χ4v) is 1.84. The average Bonchev–Trinajstić information content (AvgIpc) is 2.28. The van der Waals surface area contributed by atoms with Gasteiger partial charge in [0.05, 0.1) is 0 Å². The molecule has 0 saturated heterocycles. The summed E-state index contributed by atoms with van der Waals surface area (Å²) in [6, 6.07) is 0. The van der Waals surface area contributed by atoms with Gasteiger partial charge in [-0.3, -0.25) is 0 Å². The molecule has 4 nitrogen and oxygen atoms in total. The number of aromatic nitrogens is 2. The minimum Gasteiger partial charge on any atom is -0.383 e. The summed E-state index contributed by atoms with van der Waals surface area (Å²) in [6.45, 7) is 0. The normalized spacial score (nSPS) is 16.3. The van der Waals surface area contributed by atoms with Gasteiger partial charge in [-0.25, -0.2) is 4.79 Å². The molecule has 0 aromatic carbocycles. The number of nitrogen functional groups attached to an aromatic ring is 1.